The first-order chi connectivity index (χ1) is 13.3. The van der Waals surface area contributed by atoms with Crippen LogP contribution in [0.2, 0.25) is 0 Å². The van der Waals surface area contributed by atoms with Gasteiger partial charge in [-0.25, -0.2) is 5.43 Å². The Morgan fingerprint density at radius 3 is 2.89 bits per heavy atom. The number of hydrogen-bond donors (Lipinski definition) is 1. The molecule has 0 unspecified atom stereocenters. The van der Waals surface area contributed by atoms with Crippen LogP contribution in [0.1, 0.15) is 44.2 Å². The summed E-state index contributed by atoms with van der Waals surface area (Å²) in [6.45, 7) is 6.71. The van der Waals surface area contributed by atoms with Crippen LogP contribution in [0.5, 0.6) is 5.75 Å². The number of amides is 1. The highest BCUT2D eigenvalue weighted by Crippen LogP contribution is 2.42. The molecule has 0 fully saturated rings. The molecule has 1 aliphatic rings. The molecule has 0 saturated heterocycles. The molecule has 6 heteroatoms. The maximum absolute atomic E-state index is 11.9. The number of rotatable bonds is 5. The second kappa shape index (κ2) is 8.35. The standard InChI is InChI=1S/C22H26BrN3O2/c1-15-12-22(2,3)26(4)20-9-8-16(10-19(15)20)13-24-25-21(27)14-28-18-7-5-6-17(23)11-18/h5-11,13,15H,12,14H2,1-4H3,(H,25,27)/b24-13+/t15-/m1/s1. The lowest BCUT2D eigenvalue weighted by Gasteiger charge is -2.45. The van der Waals surface area contributed by atoms with Gasteiger partial charge < -0.3 is 9.64 Å². The summed E-state index contributed by atoms with van der Waals surface area (Å²) >= 11 is 3.37. The molecule has 1 aliphatic heterocycles. The number of nitrogens with zero attached hydrogens (tertiary/aromatic N) is 2. The lowest BCUT2D eigenvalue weighted by atomic mass is 9.80. The zero-order valence-corrected chi connectivity index (χ0v) is 18.3. The summed E-state index contributed by atoms with van der Waals surface area (Å²) in [5, 5.41) is 4.07. The Bertz CT molecular complexity index is 895. The van der Waals surface area contributed by atoms with Gasteiger partial charge in [0.25, 0.3) is 5.91 Å². The van der Waals surface area contributed by atoms with Gasteiger partial charge in [0, 0.05) is 22.7 Å². The molecule has 0 aromatic heterocycles. The first kappa shape index (κ1) is 20.4. The third-order valence-corrected chi connectivity index (χ3v) is 5.72. The quantitative estimate of drug-likeness (QED) is 0.537. The number of halogens is 1. The van der Waals surface area contributed by atoms with Crippen molar-refractivity contribution < 1.29 is 9.53 Å². The van der Waals surface area contributed by atoms with Crippen molar-refractivity contribution in [3.05, 3.63) is 58.1 Å². The van der Waals surface area contributed by atoms with Gasteiger partial charge in [0.2, 0.25) is 0 Å². The van der Waals surface area contributed by atoms with Gasteiger partial charge in [0.1, 0.15) is 5.75 Å². The van der Waals surface area contributed by atoms with E-state index < -0.39 is 0 Å². The second-order valence-electron chi connectivity index (χ2n) is 7.83. The number of fused-ring (bicyclic) bond motifs is 1. The Balaban J connectivity index is 1.59. The summed E-state index contributed by atoms with van der Waals surface area (Å²) < 4.78 is 6.35. The molecule has 2 aromatic rings. The van der Waals surface area contributed by atoms with Crippen molar-refractivity contribution in [3.63, 3.8) is 0 Å². The van der Waals surface area contributed by atoms with Crippen LogP contribution in [-0.2, 0) is 4.79 Å². The maximum Gasteiger partial charge on any atom is 0.277 e. The third kappa shape index (κ3) is 4.73. The van der Waals surface area contributed by atoms with Crippen LogP contribution < -0.4 is 15.1 Å². The van der Waals surface area contributed by atoms with E-state index in [4.69, 9.17) is 4.74 Å². The van der Waals surface area contributed by atoms with E-state index in [1.165, 1.54) is 11.3 Å². The fraction of sp³-hybridized carbons (Fsp3) is 0.364. The number of anilines is 1. The molecule has 0 bridgehead atoms. The van der Waals surface area contributed by atoms with Crippen molar-refractivity contribution in [2.75, 3.05) is 18.6 Å². The van der Waals surface area contributed by atoms with Gasteiger partial charge in [-0.2, -0.15) is 5.10 Å². The van der Waals surface area contributed by atoms with Crippen LogP contribution in [0, 0.1) is 0 Å². The lowest BCUT2D eigenvalue weighted by molar-refractivity contribution is -0.123. The summed E-state index contributed by atoms with van der Waals surface area (Å²) in [4.78, 5) is 14.3. The lowest BCUT2D eigenvalue weighted by Crippen LogP contribution is -2.45. The van der Waals surface area contributed by atoms with Gasteiger partial charge in [0.05, 0.1) is 6.21 Å². The Morgan fingerprint density at radius 1 is 1.36 bits per heavy atom. The van der Waals surface area contributed by atoms with Gasteiger partial charge in [-0.15, -0.1) is 0 Å². The van der Waals surface area contributed by atoms with Crippen molar-refractivity contribution in [2.24, 2.45) is 5.10 Å². The fourth-order valence-electron chi connectivity index (χ4n) is 3.59. The van der Waals surface area contributed by atoms with E-state index in [0.29, 0.717) is 11.7 Å². The number of hydrogen-bond acceptors (Lipinski definition) is 4. The third-order valence-electron chi connectivity index (χ3n) is 5.23. The zero-order chi connectivity index (χ0) is 20.3. The summed E-state index contributed by atoms with van der Waals surface area (Å²) in [6, 6.07) is 13.7. The molecule has 1 N–H and O–H groups in total. The summed E-state index contributed by atoms with van der Waals surface area (Å²) in [5.41, 5.74) is 6.19. The van der Waals surface area contributed by atoms with Gasteiger partial charge in [-0.05, 0) is 67.6 Å². The van der Waals surface area contributed by atoms with Crippen LogP contribution in [0.25, 0.3) is 0 Å². The van der Waals surface area contributed by atoms with E-state index in [1.807, 2.05) is 24.3 Å². The maximum atomic E-state index is 11.9. The predicted octanol–water partition coefficient (Wildman–Crippen LogP) is 4.70. The van der Waals surface area contributed by atoms with Crippen molar-refractivity contribution in [1.29, 1.82) is 0 Å². The average Bonchev–Trinajstić information content (AvgIpc) is 2.64. The first-order valence-corrected chi connectivity index (χ1v) is 10.1. The Morgan fingerprint density at radius 2 is 2.14 bits per heavy atom. The van der Waals surface area contributed by atoms with E-state index in [9.17, 15) is 4.79 Å². The first-order valence-electron chi connectivity index (χ1n) is 9.34. The fourth-order valence-corrected chi connectivity index (χ4v) is 3.97. The molecule has 0 radical (unpaired) electrons. The molecule has 1 atom stereocenters. The van der Waals surface area contributed by atoms with Crippen LogP contribution >= 0.6 is 15.9 Å². The number of ether oxygens (including phenoxy) is 1. The Labute approximate surface area is 174 Å². The van der Waals surface area contributed by atoms with Gasteiger partial charge in [-0.3, -0.25) is 4.79 Å². The molecule has 0 saturated carbocycles. The predicted molar refractivity (Wildman–Crippen MR) is 117 cm³/mol. The van der Waals surface area contributed by atoms with Crippen molar-refractivity contribution >= 4 is 33.7 Å². The average molecular weight is 444 g/mol. The molecule has 0 aliphatic carbocycles. The topological polar surface area (TPSA) is 53.9 Å². The number of carbonyl (C=O) groups is 1. The number of hydrazone groups is 1. The molecule has 1 amide bonds. The molecule has 0 spiro atoms. The molecule has 148 valence electrons. The van der Waals surface area contributed by atoms with E-state index in [2.05, 4.69) is 71.3 Å². The minimum absolute atomic E-state index is 0.0884. The zero-order valence-electron chi connectivity index (χ0n) is 16.7. The SMILES string of the molecule is C[C@@H]1CC(C)(C)N(C)c2ccc(/C=N/NC(=O)COc3cccc(Br)c3)cc21. The van der Waals surface area contributed by atoms with E-state index in [-0.39, 0.29) is 18.1 Å². The van der Waals surface area contributed by atoms with Gasteiger partial charge >= 0.3 is 0 Å². The monoisotopic (exact) mass is 443 g/mol. The molecule has 28 heavy (non-hydrogen) atoms. The Hall–Kier alpha value is -2.34. The van der Waals surface area contributed by atoms with Crippen LogP contribution in [0.3, 0.4) is 0 Å². The summed E-state index contributed by atoms with van der Waals surface area (Å²) in [6.07, 6.45) is 2.77. The highest BCUT2D eigenvalue weighted by atomic mass is 79.9. The van der Waals surface area contributed by atoms with Gasteiger partial charge in [-0.1, -0.05) is 35.0 Å². The highest BCUT2D eigenvalue weighted by molar-refractivity contribution is 9.10. The van der Waals surface area contributed by atoms with Crippen LogP contribution in [0.4, 0.5) is 5.69 Å². The molecule has 1 heterocycles. The smallest absolute Gasteiger partial charge is 0.277 e. The molecule has 3 rings (SSSR count). The molecular weight excluding hydrogens is 418 g/mol. The van der Waals surface area contributed by atoms with E-state index >= 15 is 0 Å². The van der Waals surface area contributed by atoms with Crippen molar-refractivity contribution in [2.45, 2.75) is 38.6 Å². The summed E-state index contributed by atoms with van der Waals surface area (Å²) in [5.74, 6) is 0.802. The Kier molecular flexibility index (Phi) is 6.08. The minimum atomic E-state index is -0.302. The largest absolute Gasteiger partial charge is 0.484 e. The van der Waals surface area contributed by atoms with Gasteiger partial charge in [0.15, 0.2) is 6.61 Å². The second-order valence-corrected chi connectivity index (χ2v) is 8.75. The highest BCUT2D eigenvalue weighted by Gasteiger charge is 2.33. The molecule has 5 nitrogen and oxygen atoms in total. The molecular formula is C22H26BrN3O2. The van der Waals surface area contributed by atoms with E-state index in [0.717, 1.165) is 16.5 Å². The van der Waals surface area contributed by atoms with Crippen LogP contribution in [-0.4, -0.2) is 31.3 Å². The molecule has 2 aromatic carbocycles. The normalized spacial score (nSPS) is 18.0. The van der Waals surface area contributed by atoms with Crippen molar-refractivity contribution in [1.82, 2.24) is 5.43 Å². The minimum Gasteiger partial charge on any atom is -0.484 e. The number of benzene rings is 2. The number of carbonyl (C=O) groups excluding carboxylic acids is 1. The van der Waals surface area contributed by atoms with Crippen molar-refractivity contribution in [3.8, 4) is 5.75 Å². The number of nitrogens with one attached hydrogen (secondary N) is 1. The van der Waals surface area contributed by atoms with Crippen LogP contribution in [0.15, 0.2) is 52.0 Å². The van der Waals surface area contributed by atoms with E-state index in [1.54, 1.807) is 12.3 Å². The summed E-state index contributed by atoms with van der Waals surface area (Å²) in [7, 11) is 2.14.